The van der Waals surface area contributed by atoms with Crippen molar-refractivity contribution in [2.24, 2.45) is 11.8 Å². The number of amides is 3. The van der Waals surface area contributed by atoms with E-state index in [-0.39, 0.29) is 30.8 Å². The molecule has 4 heterocycles. The van der Waals surface area contributed by atoms with Crippen LogP contribution in [0.4, 0.5) is 4.79 Å². The summed E-state index contributed by atoms with van der Waals surface area (Å²) in [4.78, 5) is 51.8. The molecule has 244 valence electrons. The second-order valence-electron chi connectivity index (χ2n) is 13.3. The van der Waals surface area contributed by atoms with Gasteiger partial charge in [-0.2, -0.15) is 0 Å². The Balaban J connectivity index is 1.48. The number of ether oxygens (including phenoxy) is 2. The summed E-state index contributed by atoms with van der Waals surface area (Å²) in [5.41, 5.74) is 0.815. The van der Waals surface area contributed by atoms with E-state index in [2.05, 4.69) is 10.2 Å². The van der Waals surface area contributed by atoms with Gasteiger partial charge in [0.05, 0.1) is 36.2 Å². The van der Waals surface area contributed by atoms with E-state index >= 15 is 0 Å². The van der Waals surface area contributed by atoms with Gasteiger partial charge in [0.2, 0.25) is 17.7 Å². The van der Waals surface area contributed by atoms with Crippen molar-refractivity contribution in [3.63, 3.8) is 0 Å². The number of rotatable bonds is 8. The molecule has 0 unspecified atom stereocenters. The minimum atomic E-state index is -0.705. The van der Waals surface area contributed by atoms with E-state index in [1.165, 1.54) is 0 Å². The molecule has 1 aromatic carbocycles. The molecule has 45 heavy (non-hydrogen) atoms. The van der Waals surface area contributed by atoms with Gasteiger partial charge in [-0.3, -0.25) is 9.59 Å². The predicted molar refractivity (Wildman–Crippen MR) is 165 cm³/mol. The van der Waals surface area contributed by atoms with Crippen LogP contribution in [0.15, 0.2) is 28.7 Å². The maximum absolute atomic E-state index is 14.6. The van der Waals surface area contributed by atoms with Crippen LogP contribution in [0, 0.1) is 18.8 Å². The van der Waals surface area contributed by atoms with Crippen molar-refractivity contribution in [1.82, 2.24) is 34.4 Å². The molecule has 0 spiro atoms. The number of likely N-dealkylation sites (tertiary alicyclic amines) is 1. The highest BCUT2D eigenvalue weighted by atomic mass is 16.6. The summed E-state index contributed by atoms with van der Waals surface area (Å²) in [7, 11) is 0. The number of para-hydroxylation sites is 2. The van der Waals surface area contributed by atoms with Crippen molar-refractivity contribution in [2.75, 3.05) is 45.9 Å². The highest BCUT2D eigenvalue weighted by Crippen LogP contribution is 2.28. The lowest BCUT2D eigenvalue weighted by Gasteiger charge is -2.44. The van der Waals surface area contributed by atoms with Gasteiger partial charge in [-0.25, -0.2) is 9.78 Å². The Hall–Kier alpha value is -4.00. The van der Waals surface area contributed by atoms with Crippen molar-refractivity contribution >= 4 is 28.9 Å². The number of hydrogen-bond donors (Lipinski definition) is 0. The fourth-order valence-electron chi connectivity index (χ4n) is 6.03. The highest BCUT2D eigenvalue weighted by Gasteiger charge is 2.42. The second kappa shape index (κ2) is 13.6. The van der Waals surface area contributed by atoms with Gasteiger partial charge in [0.15, 0.2) is 5.82 Å². The molecule has 2 saturated heterocycles. The number of piperidine rings is 1. The molecule has 3 amide bonds. The van der Waals surface area contributed by atoms with Crippen molar-refractivity contribution in [1.29, 1.82) is 0 Å². The Bertz CT molecular complexity index is 1500. The quantitative estimate of drug-likeness (QED) is 0.369. The number of carbonyl (C=O) groups excluding carboxylic acids is 3. The van der Waals surface area contributed by atoms with E-state index in [9.17, 15) is 14.4 Å². The Morgan fingerprint density at radius 3 is 2.47 bits per heavy atom. The molecule has 2 aromatic heterocycles. The predicted octanol–water partition coefficient (Wildman–Crippen LogP) is 3.55. The molecule has 0 radical (unpaired) electrons. The molecule has 13 nitrogen and oxygen atoms in total. The molecule has 2 fully saturated rings. The largest absolute Gasteiger partial charge is 0.444 e. The summed E-state index contributed by atoms with van der Waals surface area (Å²) in [5.74, 6) is 0.597. The molecular weight excluding hydrogens is 578 g/mol. The molecular formula is C32H45N7O6. The smallest absolute Gasteiger partial charge is 0.410 e. The number of carbonyl (C=O) groups is 3. The fraction of sp³-hybridized carbons (Fsp3) is 0.625. The molecule has 2 aliphatic rings. The Labute approximate surface area is 263 Å². The van der Waals surface area contributed by atoms with Crippen LogP contribution in [0.25, 0.3) is 11.0 Å². The summed E-state index contributed by atoms with van der Waals surface area (Å²) in [6.45, 7) is 14.6. The lowest BCUT2D eigenvalue weighted by Crippen LogP contribution is -2.58. The first-order valence-corrected chi connectivity index (χ1v) is 15.8. The van der Waals surface area contributed by atoms with E-state index in [4.69, 9.17) is 18.9 Å². The third kappa shape index (κ3) is 7.81. The number of morpholine rings is 1. The Morgan fingerprint density at radius 2 is 1.80 bits per heavy atom. The molecule has 5 rings (SSSR count). The normalized spacial score (nSPS) is 19.3. The number of imidazole rings is 1. The van der Waals surface area contributed by atoms with E-state index in [1.807, 2.05) is 63.5 Å². The van der Waals surface area contributed by atoms with Crippen LogP contribution in [0.1, 0.15) is 63.4 Å². The summed E-state index contributed by atoms with van der Waals surface area (Å²) in [6, 6.07) is 7.20. The minimum absolute atomic E-state index is 0.0319. The SMILES string of the molecule is Cc1nnc(CCn2c(C(=O)N(CC(C)C)[C@H]3C[C@@H](C(=O)N4CCOCC4)CN(C(=O)OC(C)(C)C)C3)nc3ccccc32)o1. The number of fused-ring (bicyclic) bond motifs is 1. The van der Waals surface area contributed by atoms with Crippen molar-refractivity contribution in [3.05, 3.63) is 41.9 Å². The zero-order valence-corrected chi connectivity index (χ0v) is 27.2. The standard InChI is InChI=1S/C32H45N7O6/c1-21(2)18-39(30(41)28-33-25-9-7-8-10-26(25)38(28)12-11-27-35-34-22(3)44-27)24-17-23(29(40)36-13-15-43-16-14-36)19-37(20-24)31(42)45-32(4,5)6/h7-10,21,23-24H,11-20H2,1-6H3/t23-,24+/m1/s1. The number of benzene rings is 1. The summed E-state index contributed by atoms with van der Waals surface area (Å²) < 4.78 is 18.7. The summed E-state index contributed by atoms with van der Waals surface area (Å²) >= 11 is 0. The van der Waals surface area contributed by atoms with Crippen molar-refractivity contribution in [3.8, 4) is 0 Å². The molecule has 0 saturated carbocycles. The van der Waals surface area contributed by atoms with Gasteiger partial charge in [-0.15, -0.1) is 10.2 Å². The molecule has 0 bridgehead atoms. The van der Waals surface area contributed by atoms with Crippen LogP contribution in [0.2, 0.25) is 0 Å². The average Bonchev–Trinajstić information content (AvgIpc) is 3.60. The Morgan fingerprint density at radius 1 is 1.07 bits per heavy atom. The van der Waals surface area contributed by atoms with E-state index < -0.39 is 23.7 Å². The number of hydrogen-bond acceptors (Lipinski definition) is 9. The van der Waals surface area contributed by atoms with E-state index in [1.54, 1.807) is 21.6 Å². The average molecular weight is 624 g/mol. The molecule has 3 aromatic rings. The fourth-order valence-corrected chi connectivity index (χ4v) is 6.03. The van der Waals surface area contributed by atoms with E-state index in [0.29, 0.717) is 75.4 Å². The second-order valence-corrected chi connectivity index (χ2v) is 13.3. The zero-order valence-electron chi connectivity index (χ0n) is 27.2. The highest BCUT2D eigenvalue weighted by molar-refractivity contribution is 5.95. The van der Waals surface area contributed by atoms with Gasteiger partial charge in [-0.05, 0) is 45.2 Å². The van der Waals surface area contributed by atoms with Gasteiger partial charge >= 0.3 is 6.09 Å². The lowest BCUT2D eigenvalue weighted by molar-refractivity contribution is -0.142. The van der Waals surface area contributed by atoms with Crippen LogP contribution >= 0.6 is 0 Å². The van der Waals surface area contributed by atoms with Crippen LogP contribution in [-0.4, -0.2) is 110 Å². The van der Waals surface area contributed by atoms with Gasteiger partial charge in [0, 0.05) is 52.6 Å². The number of aryl methyl sites for hydroxylation is 3. The van der Waals surface area contributed by atoms with Crippen LogP contribution in [0.3, 0.4) is 0 Å². The van der Waals surface area contributed by atoms with Crippen LogP contribution in [-0.2, 0) is 27.2 Å². The van der Waals surface area contributed by atoms with Gasteiger partial charge < -0.3 is 33.2 Å². The zero-order chi connectivity index (χ0) is 32.3. The molecule has 13 heteroatoms. The number of aromatic nitrogens is 4. The monoisotopic (exact) mass is 623 g/mol. The first-order valence-electron chi connectivity index (χ1n) is 15.8. The minimum Gasteiger partial charge on any atom is -0.444 e. The lowest BCUT2D eigenvalue weighted by atomic mass is 9.91. The van der Waals surface area contributed by atoms with E-state index in [0.717, 1.165) is 5.52 Å². The first-order chi connectivity index (χ1) is 21.4. The third-order valence-electron chi connectivity index (χ3n) is 7.98. The van der Waals surface area contributed by atoms with Gasteiger partial charge in [0.25, 0.3) is 5.91 Å². The summed E-state index contributed by atoms with van der Waals surface area (Å²) in [5, 5.41) is 8.05. The molecule has 2 aliphatic heterocycles. The van der Waals surface area contributed by atoms with Crippen molar-refractivity contribution in [2.45, 2.75) is 72.6 Å². The molecule has 0 aliphatic carbocycles. The number of nitrogens with zero attached hydrogens (tertiary/aromatic N) is 7. The molecule has 0 N–H and O–H groups in total. The topological polar surface area (TPSA) is 136 Å². The van der Waals surface area contributed by atoms with Crippen LogP contribution < -0.4 is 0 Å². The maximum Gasteiger partial charge on any atom is 0.410 e. The summed E-state index contributed by atoms with van der Waals surface area (Å²) in [6.07, 6.45) is 0.360. The van der Waals surface area contributed by atoms with Gasteiger partial charge in [0.1, 0.15) is 5.60 Å². The van der Waals surface area contributed by atoms with Gasteiger partial charge in [-0.1, -0.05) is 26.0 Å². The molecule has 2 atom stereocenters. The Kier molecular flexibility index (Phi) is 9.76. The van der Waals surface area contributed by atoms with Crippen molar-refractivity contribution < 1.29 is 28.3 Å². The third-order valence-corrected chi connectivity index (χ3v) is 7.98. The maximum atomic E-state index is 14.6. The van der Waals surface area contributed by atoms with Crippen LogP contribution in [0.5, 0.6) is 0 Å². The first kappa shape index (κ1) is 32.4.